The van der Waals surface area contributed by atoms with Crippen LogP contribution in [-0.2, 0) is 31.2 Å². The molecule has 2 aliphatic rings. The van der Waals surface area contributed by atoms with Crippen molar-refractivity contribution in [2.45, 2.75) is 32.1 Å². The summed E-state index contributed by atoms with van der Waals surface area (Å²) in [5.41, 5.74) is 1.42. The van der Waals surface area contributed by atoms with Gasteiger partial charge in [0.25, 0.3) is 0 Å². The van der Waals surface area contributed by atoms with Crippen LogP contribution >= 0.6 is 0 Å². The molecule has 1 aromatic carbocycles. The van der Waals surface area contributed by atoms with Gasteiger partial charge in [0.15, 0.2) is 0 Å². The van der Waals surface area contributed by atoms with E-state index in [-0.39, 0.29) is 17.1 Å². The number of rotatable bonds is 1. The van der Waals surface area contributed by atoms with Crippen LogP contribution in [0.4, 0.5) is 0 Å². The monoisotopic (exact) mass is 341 g/mol. The van der Waals surface area contributed by atoms with Gasteiger partial charge >= 0.3 is 39.7 Å². The Morgan fingerprint density at radius 2 is 1.50 bits per heavy atom. The first-order valence-corrected chi connectivity index (χ1v) is 6.61. The van der Waals surface area contributed by atoms with Crippen molar-refractivity contribution in [3.8, 4) is 5.75 Å². The van der Waals surface area contributed by atoms with E-state index in [1.165, 1.54) is 32.1 Å². The zero-order valence-electron chi connectivity index (χ0n) is 12.1. The molecule has 1 aromatic rings. The van der Waals surface area contributed by atoms with Crippen LogP contribution in [-0.4, -0.2) is 12.9 Å². The fourth-order valence-electron chi connectivity index (χ4n) is 2.01. The van der Waals surface area contributed by atoms with E-state index in [2.05, 4.69) is 19.4 Å². The fraction of sp³-hybridized carbons (Fsp3) is 0.353. The van der Waals surface area contributed by atoms with E-state index in [0.717, 1.165) is 17.6 Å². The van der Waals surface area contributed by atoms with Crippen molar-refractivity contribution in [1.82, 2.24) is 0 Å². The number of fused-ring (bicyclic) bond motifs is 1. The fourth-order valence-corrected chi connectivity index (χ4v) is 2.01. The smallest absolute Gasteiger partial charge is 2.00 e. The quantitative estimate of drug-likeness (QED) is 0.341. The second-order valence-electron chi connectivity index (χ2n) is 4.32. The van der Waals surface area contributed by atoms with Crippen LogP contribution in [0.25, 0.3) is 0 Å². The van der Waals surface area contributed by atoms with Gasteiger partial charge in [-0.05, 0) is 0 Å². The zero-order chi connectivity index (χ0) is 15.9. The van der Waals surface area contributed by atoms with E-state index < -0.39 is 0 Å². The first-order valence-electron chi connectivity index (χ1n) is 6.61. The average molecular weight is 341 g/mol. The van der Waals surface area contributed by atoms with Crippen LogP contribution in [0.1, 0.15) is 37.7 Å². The second-order valence-corrected chi connectivity index (χ2v) is 4.32. The molecule has 1 saturated carbocycles. The Labute approximate surface area is 141 Å². The molecule has 0 spiro atoms. The molecule has 0 unspecified atom stereocenters. The largest absolute Gasteiger partial charge is 2.00 e. The average Bonchev–Trinajstić information content (AvgIpc) is 3.18. The van der Waals surface area contributed by atoms with E-state index in [4.69, 9.17) is 14.0 Å². The van der Waals surface area contributed by atoms with Crippen molar-refractivity contribution in [2.75, 3.05) is 6.61 Å². The Morgan fingerprint density at radius 1 is 1.00 bits per heavy atom. The van der Waals surface area contributed by atoms with Crippen molar-refractivity contribution in [3.05, 3.63) is 54.8 Å². The molecule has 0 atom stereocenters. The molecule has 1 aliphatic heterocycles. The van der Waals surface area contributed by atoms with Gasteiger partial charge in [0.05, 0.1) is 12.9 Å². The Kier molecular flexibility index (Phi) is 16.3. The predicted molar refractivity (Wildman–Crippen MR) is 74.8 cm³/mol. The maximum Gasteiger partial charge on any atom is 2.00 e. The summed E-state index contributed by atoms with van der Waals surface area (Å²) in [5, 5.41) is 0. The van der Waals surface area contributed by atoms with Crippen molar-refractivity contribution >= 4 is 6.29 Å². The van der Waals surface area contributed by atoms with Gasteiger partial charge < -0.3 is 9.53 Å². The van der Waals surface area contributed by atoms with Gasteiger partial charge in [-0.15, -0.1) is 23.8 Å². The van der Waals surface area contributed by atoms with Gasteiger partial charge in [-0.2, -0.15) is 0 Å². The van der Waals surface area contributed by atoms with Gasteiger partial charge in [0, 0.05) is 5.75 Å². The Hall–Kier alpha value is -1.57. The van der Waals surface area contributed by atoms with E-state index in [1.54, 1.807) is 0 Å². The zero-order valence-corrected chi connectivity index (χ0v) is 13.2. The van der Waals surface area contributed by atoms with E-state index in [0.29, 0.717) is 12.2 Å². The first-order chi connectivity index (χ1) is 10.4. The number of para-hydroxylation sites is 1. The molecule has 0 bridgehead atoms. The molecule has 0 radical (unpaired) electrons. The van der Waals surface area contributed by atoms with E-state index >= 15 is 0 Å². The van der Waals surface area contributed by atoms with E-state index in [9.17, 15) is 4.79 Å². The maximum atomic E-state index is 10.4. The number of hydrogen-bond donors (Lipinski definition) is 0. The SMILES string of the molecule is C1CCCC1.O=CC1=[C-]c2ccccc2OC1.[C-]#[O+].[C-]#[O+].[Fe+2]. The standard InChI is InChI=1S/C10H7O2.C5H10.2CO.Fe/c11-6-8-5-9-3-1-2-4-10(9)12-7-8;1-2-4-5-3-1;2*1-2;/h1-4,6H,7H2;1-5H2;;;/q-1;;;;+2. The van der Waals surface area contributed by atoms with Crippen LogP contribution in [0.5, 0.6) is 5.75 Å². The minimum Gasteiger partial charge on any atom is 2.00 e. The molecule has 5 heteroatoms. The third kappa shape index (κ3) is 8.66. The number of ether oxygens (including phenoxy) is 1. The van der Waals surface area contributed by atoms with Gasteiger partial charge in [0.2, 0.25) is 0 Å². The van der Waals surface area contributed by atoms with Gasteiger partial charge in [-0.25, -0.2) is 0 Å². The van der Waals surface area contributed by atoms with Crippen LogP contribution in [0.15, 0.2) is 29.8 Å². The summed E-state index contributed by atoms with van der Waals surface area (Å²) < 4.78 is 20.3. The molecule has 22 heavy (non-hydrogen) atoms. The molecule has 1 fully saturated rings. The number of carbonyl (C=O) groups is 1. The summed E-state index contributed by atoms with van der Waals surface area (Å²) in [7, 11) is 0. The van der Waals surface area contributed by atoms with Crippen LogP contribution in [0.3, 0.4) is 0 Å². The predicted octanol–water partition coefficient (Wildman–Crippen LogP) is 3.23. The summed E-state index contributed by atoms with van der Waals surface area (Å²) in [6.45, 7) is 9.33. The Balaban J connectivity index is 0. The summed E-state index contributed by atoms with van der Waals surface area (Å²) >= 11 is 0. The number of hydrogen-bond acceptors (Lipinski definition) is 2. The molecule has 0 N–H and O–H groups in total. The first kappa shape index (κ1) is 22.7. The molecule has 0 amide bonds. The molecule has 4 nitrogen and oxygen atoms in total. The topological polar surface area (TPSA) is 66.1 Å². The van der Waals surface area contributed by atoms with E-state index in [1.807, 2.05) is 24.3 Å². The summed E-state index contributed by atoms with van der Waals surface area (Å²) in [4.78, 5) is 10.4. The number of carbonyl (C=O) groups excluding carboxylic acids is 1. The summed E-state index contributed by atoms with van der Waals surface area (Å²) in [5.74, 6) is 0.795. The van der Waals surface area contributed by atoms with Crippen LogP contribution in [0.2, 0.25) is 0 Å². The number of benzene rings is 1. The minimum atomic E-state index is 0. The third-order valence-corrected chi connectivity index (χ3v) is 2.96. The van der Waals surface area contributed by atoms with Crippen molar-refractivity contribution in [3.63, 3.8) is 0 Å². The molecule has 1 heterocycles. The van der Waals surface area contributed by atoms with Crippen LogP contribution < -0.4 is 4.74 Å². The molecule has 0 aromatic heterocycles. The molecule has 1 aliphatic carbocycles. The van der Waals surface area contributed by atoms with Gasteiger partial charge in [-0.3, -0.25) is 0 Å². The molecule has 116 valence electrons. The third-order valence-electron chi connectivity index (χ3n) is 2.96. The minimum absolute atomic E-state index is 0. The maximum absolute atomic E-state index is 10.4. The normalized spacial score (nSPS) is 13.4. The van der Waals surface area contributed by atoms with Crippen molar-refractivity contribution < 1.29 is 35.9 Å². The molecule has 0 saturated heterocycles. The van der Waals surface area contributed by atoms with Crippen molar-refractivity contribution in [2.24, 2.45) is 0 Å². The Morgan fingerprint density at radius 3 is 2.00 bits per heavy atom. The number of aldehydes is 1. The molecular formula is C17H17FeO4+. The van der Waals surface area contributed by atoms with Gasteiger partial charge in [-0.1, -0.05) is 49.8 Å². The second kappa shape index (κ2) is 15.8. The van der Waals surface area contributed by atoms with Crippen LogP contribution in [0, 0.1) is 19.4 Å². The summed E-state index contributed by atoms with van der Waals surface area (Å²) in [6.07, 6.45) is 11.2. The molecule has 3 rings (SSSR count). The van der Waals surface area contributed by atoms with Crippen molar-refractivity contribution in [1.29, 1.82) is 0 Å². The summed E-state index contributed by atoms with van der Waals surface area (Å²) in [6, 6.07) is 7.53. The Bertz CT molecular complexity index is 474. The molecular weight excluding hydrogens is 324 g/mol. The van der Waals surface area contributed by atoms with Gasteiger partial charge in [0.1, 0.15) is 0 Å².